The second-order valence-corrected chi connectivity index (χ2v) is 11.5. The molecule has 3 N–H and O–H groups in total. The van der Waals surface area contributed by atoms with Gasteiger partial charge in [-0.15, -0.1) is 11.8 Å². The molecule has 0 spiro atoms. The molecule has 6 nitrogen and oxygen atoms in total. The minimum atomic E-state index is -0.582. The Morgan fingerprint density at radius 3 is 2.19 bits per heavy atom. The molecular weight excluding hydrogens is 620 g/mol. The maximum absolute atomic E-state index is 13.4. The number of halogens is 4. The monoisotopic (exact) mass is 641 g/mol. The van der Waals surface area contributed by atoms with Gasteiger partial charge in [0.15, 0.2) is 0 Å². The van der Waals surface area contributed by atoms with Crippen LogP contribution < -0.4 is 16.0 Å². The van der Waals surface area contributed by atoms with Gasteiger partial charge in [-0.3, -0.25) is 14.4 Å². The van der Waals surface area contributed by atoms with Crippen LogP contribution in [0.15, 0.2) is 102 Å². The van der Waals surface area contributed by atoms with Crippen molar-refractivity contribution >= 4 is 81.7 Å². The fourth-order valence-electron chi connectivity index (χ4n) is 3.62. The summed E-state index contributed by atoms with van der Waals surface area (Å²) >= 11 is 19.5. The molecule has 11 heteroatoms. The first-order valence-corrected chi connectivity index (χ1v) is 14.5. The van der Waals surface area contributed by atoms with Crippen LogP contribution in [0.25, 0.3) is 6.08 Å². The van der Waals surface area contributed by atoms with Crippen LogP contribution >= 0.6 is 46.6 Å². The number of hydrogen-bond donors (Lipinski definition) is 3. The highest BCUT2D eigenvalue weighted by Crippen LogP contribution is 2.28. The molecule has 0 bridgehead atoms. The quantitative estimate of drug-likeness (QED) is 0.127. The normalized spacial score (nSPS) is 11.9. The Hall–Kier alpha value is -3.82. The SMILES string of the molecule is CC(Sc1ccc(NC(=O)/C(=C/c2cccc(Cl)c2Cl)NC(=O)c2ccccc2)cc1)C(=O)Nc1ccc(F)c(Cl)c1. The Kier molecular flexibility index (Phi) is 10.7. The summed E-state index contributed by atoms with van der Waals surface area (Å²) in [6.45, 7) is 1.73. The van der Waals surface area contributed by atoms with E-state index in [0.717, 1.165) is 4.90 Å². The Morgan fingerprint density at radius 2 is 1.50 bits per heavy atom. The van der Waals surface area contributed by atoms with Gasteiger partial charge in [0.25, 0.3) is 11.8 Å². The van der Waals surface area contributed by atoms with Gasteiger partial charge in [0.1, 0.15) is 11.5 Å². The second-order valence-electron chi connectivity index (χ2n) is 8.88. The summed E-state index contributed by atoms with van der Waals surface area (Å²) in [6.07, 6.45) is 1.45. The third-order valence-electron chi connectivity index (χ3n) is 5.79. The highest BCUT2D eigenvalue weighted by atomic mass is 35.5. The largest absolute Gasteiger partial charge is 0.325 e. The van der Waals surface area contributed by atoms with Gasteiger partial charge in [-0.25, -0.2) is 4.39 Å². The van der Waals surface area contributed by atoms with Crippen LogP contribution in [0.4, 0.5) is 15.8 Å². The van der Waals surface area contributed by atoms with Crippen LogP contribution in [0.3, 0.4) is 0 Å². The van der Waals surface area contributed by atoms with E-state index in [0.29, 0.717) is 27.5 Å². The highest BCUT2D eigenvalue weighted by molar-refractivity contribution is 8.00. The third kappa shape index (κ3) is 8.36. The van der Waals surface area contributed by atoms with Crippen LogP contribution in [0.5, 0.6) is 0 Å². The zero-order valence-corrected chi connectivity index (χ0v) is 25.0. The van der Waals surface area contributed by atoms with Crippen LogP contribution in [0.1, 0.15) is 22.8 Å². The lowest BCUT2D eigenvalue weighted by molar-refractivity contribution is -0.115. The zero-order valence-electron chi connectivity index (χ0n) is 22.0. The number of rotatable bonds is 9. The standard InChI is InChI=1S/C31H23Cl3FN3O3S/c1-18(29(39)37-22-12-15-26(35)25(33)17-22)42-23-13-10-21(11-14-23)36-31(41)27(16-20-8-5-9-24(32)28(20)34)38-30(40)19-6-3-2-4-7-19/h2-18H,1H3,(H,36,41)(H,37,39)(H,38,40)/b27-16-. The number of carbonyl (C=O) groups excluding carboxylic acids is 3. The fourth-order valence-corrected chi connectivity index (χ4v) is 5.03. The molecule has 0 aliphatic rings. The number of hydrogen-bond acceptors (Lipinski definition) is 4. The molecule has 1 atom stereocenters. The second kappa shape index (κ2) is 14.4. The van der Waals surface area contributed by atoms with Gasteiger partial charge in [0, 0.05) is 21.8 Å². The predicted octanol–water partition coefficient (Wildman–Crippen LogP) is 8.31. The summed E-state index contributed by atoms with van der Waals surface area (Å²) in [5, 5.41) is 8.10. The van der Waals surface area contributed by atoms with Crippen molar-refractivity contribution in [1.29, 1.82) is 0 Å². The highest BCUT2D eigenvalue weighted by Gasteiger charge is 2.18. The summed E-state index contributed by atoms with van der Waals surface area (Å²) < 4.78 is 13.4. The molecule has 214 valence electrons. The van der Waals surface area contributed by atoms with Gasteiger partial charge < -0.3 is 16.0 Å². The molecular formula is C31H23Cl3FN3O3S. The summed E-state index contributed by atoms with van der Waals surface area (Å²) in [5.41, 5.74) is 1.62. The molecule has 0 radical (unpaired) electrons. The van der Waals surface area contributed by atoms with E-state index in [1.54, 1.807) is 79.7 Å². The van der Waals surface area contributed by atoms with Crippen molar-refractivity contribution in [2.45, 2.75) is 17.1 Å². The number of thioether (sulfide) groups is 1. The van der Waals surface area contributed by atoms with E-state index in [4.69, 9.17) is 34.8 Å². The van der Waals surface area contributed by atoms with Crippen molar-refractivity contribution in [3.05, 3.63) is 129 Å². The first kappa shape index (κ1) is 31.1. The van der Waals surface area contributed by atoms with Gasteiger partial charge in [-0.1, -0.05) is 65.1 Å². The third-order valence-corrected chi connectivity index (χ3v) is 8.03. The molecule has 3 amide bonds. The van der Waals surface area contributed by atoms with Gasteiger partial charge in [-0.2, -0.15) is 0 Å². The van der Waals surface area contributed by atoms with Gasteiger partial charge in [0.05, 0.1) is 20.3 Å². The van der Waals surface area contributed by atoms with Crippen molar-refractivity contribution < 1.29 is 18.8 Å². The maximum Gasteiger partial charge on any atom is 0.272 e. The van der Waals surface area contributed by atoms with Gasteiger partial charge in [0.2, 0.25) is 5.91 Å². The molecule has 0 saturated carbocycles. The van der Waals surface area contributed by atoms with Crippen LogP contribution in [-0.2, 0) is 9.59 Å². The lowest BCUT2D eigenvalue weighted by Gasteiger charge is -2.14. The lowest BCUT2D eigenvalue weighted by Crippen LogP contribution is -2.30. The molecule has 0 aliphatic carbocycles. The predicted molar refractivity (Wildman–Crippen MR) is 169 cm³/mol. The molecule has 42 heavy (non-hydrogen) atoms. The van der Waals surface area contributed by atoms with E-state index in [9.17, 15) is 18.8 Å². The van der Waals surface area contributed by atoms with Crippen LogP contribution in [-0.4, -0.2) is 23.0 Å². The Morgan fingerprint density at radius 1 is 0.810 bits per heavy atom. The molecule has 0 aromatic heterocycles. The summed E-state index contributed by atoms with van der Waals surface area (Å²) in [5.74, 6) is -1.92. The molecule has 0 saturated heterocycles. The minimum absolute atomic E-state index is 0.0438. The van der Waals surface area contributed by atoms with Crippen molar-refractivity contribution in [1.82, 2.24) is 5.32 Å². The van der Waals surface area contributed by atoms with E-state index in [-0.39, 0.29) is 21.6 Å². The molecule has 0 fully saturated rings. The molecule has 4 aromatic carbocycles. The van der Waals surface area contributed by atoms with Crippen LogP contribution in [0, 0.1) is 5.82 Å². The van der Waals surface area contributed by atoms with E-state index in [1.165, 1.54) is 36.0 Å². The van der Waals surface area contributed by atoms with E-state index in [2.05, 4.69) is 16.0 Å². The molecule has 0 aliphatic heterocycles. The van der Waals surface area contributed by atoms with Gasteiger partial charge in [-0.05, 0) is 79.2 Å². The summed E-state index contributed by atoms with van der Waals surface area (Å²) in [7, 11) is 0. The summed E-state index contributed by atoms with van der Waals surface area (Å²) in [4.78, 5) is 39.5. The average Bonchev–Trinajstić information content (AvgIpc) is 2.98. The van der Waals surface area contributed by atoms with Crippen LogP contribution in [0.2, 0.25) is 15.1 Å². The van der Waals surface area contributed by atoms with Gasteiger partial charge >= 0.3 is 0 Å². The van der Waals surface area contributed by atoms with E-state index < -0.39 is 22.9 Å². The number of amides is 3. The van der Waals surface area contributed by atoms with E-state index >= 15 is 0 Å². The number of carbonyl (C=O) groups is 3. The topological polar surface area (TPSA) is 87.3 Å². The van der Waals surface area contributed by atoms with Crippen molar-refractivity contribution in [3.63, 3.8) is 0 Å². The Labute approximate surface area is 261 Å². The summed E-state index contributed by atoms with van der Waals surface area (Å²) in [6, 6.07) is 24.2. The molecule has 1 unspecified atom stereocenters. The van der Waals surface area contributed by atoms with Crippen molar-refractivity contribution in [3.8, 4) is 0 Å². The molecule has 0 heterocycles. The minimum Gasteiger partial charge on any atom is -0.325 e. The fraction of sp³-hybridized carbons (Fsp3) is 0.0645. The van der Waals surface area contributed by atoms with Crippen molar-refractivity contribution in [2.24, 2.45) is 0 Å². The van der Waals surface area contributed by atoms with Crippen molar-refractivity contribution in [2.75, 3.05) is 10.6 Å². The molecule has 4 aromatic rings. The first-order valence-electron chi connectivity index (χ1n) is 12.5. The molecule has 4 rings (SSSR count). The Bertz CT molecular complexity index is 1650. The smallest absolute Gasteiger partial charge is 0.272 e. The average molecular weight is 643 g/mol. The number of nitrogens with one attached hydrogen (secondary N) is 3. The maximum atomic E-state index is 13.4. The number of benzene rings is 4. The Balaban J connectivity index is 1.45. The first-order chi connectivity index (χ1) is 20.1. The number of anilines is 2. The van der Waals surface area contributed by atoms with E-state index in [1.807, 2.05) is 0 Å². The lowest BCUT2D eigenvalue weighted by atomic mass is 10.1. The zero-order chi connectivity index (χ0) is 30.2.